The predicted molar refractivity (Wildman–Crippen MR) is 103 cm³/mol. The van der Waals surface area contributed by atoms with E-state index in [1.807, 2.05) is 17.0 Å². The number of likely N-dealkylation sites (tertiary alicyclic amines) is 1. The van der Waals surface area contributed by atoms with Crippen molar-refractivity contribution in [2.75, 3.05) is 19.7 Å². The maximum absolute atomic E-state index is 12.6. The molecule has 27 heavy (non-hydrogen) atoms. The van der Waals surface area contributed by atoms with E-state index in [1.165, 1.54) is 24.2 Å². The zero-order chi connectivity index (χ0) is 18.6. The second-order valence-electron chi connectivity index (χ2n) is 7.55. The Morgan fingerprint density at radius 1 is 1.33 bits per heavy atom. The first-order chi connectivity index (χ1) is 13.2. The van der Waals surface area contributed by atoms with E-state index < -0.39 is 0 Å². The van der Waals surface area contributed by atoms with E-state index in [4.69, 9.17) is 9.72 Å². The molecule has 6 heteroatoms. The number of aromatic nitrogens is 3. The van der Waals surface area contributed by atoms with Gasteiger partial charge in [0.15, 0.2) is 0 Å². The molecule has 0 spiro atoms. The summed E-state index contributed by atoms with van der Waals surface area (Å²) in [6.07, 6.45) is 10.5. The second-order valence-corrected chi connectivity index (χ2v) is 7.55. The topological polar surface area (TPSA) is 60.2 Å². The number of pyridine rings is 1. The number of hydrogen-bond donors (Lipinski definition) is 0. The summed E-state index contributed by atoms with van der Waals surface area (Å²) in [4.78, 5) is 23.4. The highest BCUT2D eigenvalue weighted by atomic mass is 16.5. The van der Waals surface area contributed by atoms with Gasteiger partial charge in [-0.3, -0.25) is 9.78 Å². The molecular weight excluding hydrogens is 340 g/mol. The van der Waals surface area contributed by atoms with E-state index in [0.717, 1.165) is 50.3 Å². The Kier molecular flexibility index (Phi) is 5.41. The molecule has 0 N–H and O–H groups in total. The molecule has 6 nitrogen and oxygen atoms in total. The third kappa shape index (κ3) is 3.99. The van der Waals surface area contributed by atoms with Crippen LogP contribution in [0.2, 0.25) is 0 Å². The molecule has 0 aromatic carbocycles. The highest BCUT2D eigenvalue weighted by Gasteiger charge is 2.30. The largest absolute Gasteiger partial charge is 0.492 e. The van der Waals surface area contributed by atoms with Crippen LogP contribution < -0.4 is 4.74 Å². The fraction of sp³-hybridized carbons (Fsp3) is 0.571. The lowest BCUT2D eigenvalue weighted by Gasteiger charge is -2.21. The van der Waals surface area contributed by atoms with Crippen LogP contribution in [0.15, 0.2) is 24.5 Å². The molecule has 1 fully saturated rings. The predicted octanol–water partition coefficient (Wildman–Crippen LogP) is 3.10. The van der Waals surface area contributed by atoms with Gasteiger partial charge in [0.1, 0.15) is 11.6 Å². The SMILES string of the molecule is Cc1nc2c(n1[C@H]1CCN(C(=O)CCCOc3cccnc3)C1)CCCC2. The number of amides is 1. The van der Waals surface area contributed by atoms with E-state index in [9.17, 15) is 4.79 Å². The number of rotatable bonds is 6. The van der Waals surface area contributed by atoms with Crippen molar-refractivity contribution in [2.45, 2.75) is 57.9 Å². The average Bonchev–Trinajstić information content (AvgIpc) is 3.29. The second kappa shape index (κ2) is 8.11. The lowest BCUT2D eigenvalue weighted by Crippen LogP contribution is -2.29. The Labute approximate surface area is 160 Å². The van der Waals surface area contributed by atoms with Gasteiger partial charge in [-0.25, -0.2) is 4.98 Å². The molecule has 1 amide bonds. The van der Waals surface area contributed by atoms with Gasteiger partial charge in [0.2, 0.25) is 5.91 Å². The van der Waals surface area contributed by atoms with Crippen LogP contribution in [0, 0.1) is 6.92 Å². The summed E-state index contributed by atoms with van der Waals surface area (Å²) in [5, 5.41) is 0. The Balaban J connectivity index is 1.28. The van der Waals surface area contributed by atoms with Crippen molar-refractivity contribution >= 4 is 5.91 Å². The summed E-state index contributed by atoms with van der Waals surface area (Å²) in [6.45, 7) is 4.31. The summed E-state index contributed by atoms with van der Waals surface area (Å²) in [7, 11) is 0. The molecule has 3 heterocycles. The summed E-state index contributed by atoms with van der Waals surface area (Å²) >= 11 is 0. The number of nitrogens with zero attached hydrogens (tertiary/aromatic N) is 4. The van der Waals surface area contributed by atoms with Crippen LogP contribution in [0.3, 0.4) is 0 Å². The van der Waals surface area contributed by atoms with Gasteiger partial charge in [-0.2, -0.15) is 0 Å². The molecule has 2 aromatic rings. The van der Waals surface area contributed by atoms with Crippen LogP contribution in [-0.2, 0) is 17.6 Å². The molecule has 4 rings (SSSR count). The van der Waals surface area contributed by atoms with Gasteiger partial charge in [-0.15, -0.1) is 0 Å². The Bertz CT molecular complexity index is 787. The lowest BCUT2D eigenvalue weighted by atomic mass is 10.0. The van der Waals surface area contributed by atoms with E-state index in [1.54, 1.807) is 12.4 Å². The van der Waals surface area contributed by atoms with Crippen LogP contribution in [-0.4, -0.2) is 45.0 Å². The minimum atomic E-state index is 0.235. The number of fused-ring (bicyclic) bond motifs is 1. The lowest BCUT2D eigenvalue weighted by molar-refractivity contribution is -0.130. The maximum atomic E-state index is 12.6. The van der Waals surface area contributed by atoms with Gasteiger partial charge in [-0.05, 0) is 57.6 Å². The molecule has 144 valence electrons. The summed E-state index contributed by atoms with van der Waals surface area (Å²) in [6, 6.07) is 4.12. The van der Waals surface area contributed by atoms with E-state index in [2.05, 4.69) is 16.5 Å². The first-order valence-corrected chi connectivity index (χ1v) is 10.1. The first-order valence-electron chi connectivity index (χ1n) is 10.1. The van der Waals surface area contributed by atoms with Crippen molar-refractivity contribution in [2.24, 2.45) is 0 Å². The zero-order valence-corrected chi connectivity index (χ0v) is 16.1. The minimum absolute atomic E-state index is 0.235. The number of carbonyl (C=O) groups is 1. The smallest absolute Gasteiger partial charge is 0.222 e. The monoisotopic (exact) mass is 368 g/mol. The molecule has 0 saturated carbocycles. The number of hydrogen-bond acceptors (Lipinski definition) is 4. The van der Waals surface area contributed by atoms with Gasteiger partial charge in [-0.1, -0.05) is 0 Å². The van der Waals surface area contributed by atoms with E-state index in [0.29, 0.717) is 19.1 Å². The molecule has 1 atom stereocenters. The van der Waals surface area contributed by atoms with Gasteiger partial charge >= 0.3 is 0 Å². The molecule has 2 aliphatic rings. The summed E-state index contributed by atoms with van der Waals surface area (Å²) < 4.78 is 8.06. The third-order valence-corrected chi connectivity index (χ3v) is 5.67. The molecule has 1 aliphatic heterocycles. The first kappa shape index (κ1) is 18.0. The summed E-state index contributed by atoms with van der Waals surface area (Å²) in [5.74, 6) is 2.11. The molecule has 2 aromatic heterocycles. The third-order valence-electron chi connectivity index (χ3n) is 5.67. The Hall–Kier alpha value is -2.37. The van der Waals surface area contributed by atoms with Crippen molar-refractivity contribution in [1.82, 2.24) is 19.4 Å². The van der Waals surface area contributed by atoms with Gasteiger partial charge in [0.05, 0.1) is 24.5 Å². The highest BCUT2D eigenvalue weighted by molar-refractivity contribution is 5.76. The van der Waals surface area contributed by atoms with Crippen LogP contribution in [0.1, 0.15) is 55.4 Å². The maximum Gasteiger partial charge on any atom is 0.222 e. The van der Waals surface area contributed by atoms with Gasteiger partial charge < -0.3 is 14.2 Å². The minimum Gasteiger partial charge on any atom is -0.492 e. The molecular formula is C21H28N4O2. The number of carbonyl (C=O) groups excluding carboxylic acids is 1. The number of imidazole rings is 1. The fourth-order valence-corrected chi connectivity index (χ4v) is 4.37. The van der Waals surface area contributed by atoms with Crippen molar-refractivity contribution in [3.8, 4) is 5.75 Å². The Morgan fingerprint density at radius 3 is 3.07 bits per heavy atom. The van der Waals surface area contributed by atoms with Gasteiger partial charge in [0.25, 0.3) is 0 Å². The zero-order valence-electron chi connectivity index (χ0n) is 16.1. The number of ether oxygens (including phenoxy) is 1. The fourth-order valence-electron chi connectivity index (χ4n) is 4.37. The van der Waals surface area contributed by atoms with Gasteiger partial charge in [0, 0.05) is 31.4 Å². The Morgan fingerprint density at radius 2 is 2.22 bits per heavy atom. The average molecular weight is 368 g/mol. The molecule has 1 aliphatic carbocycles. The van der Waals surface area contributed by atoms with Crippen LogP contribution in [0.25, 0.3) is 0 Å². The summed E-state index contributed by atoms with van der Waals surface area (Å²) in [5.41, 5.74) is 2.71. The van der Waals surface area contributed by atoms with Crippen LogP contribution in [0.5, 0.6) is 5.75 Å². The molecule has 0 unspecified atom stereocenters. The molecule has 1 saturated heterocycles. The standard InChI is InChI=1S/C21H28N4O2/c1-16-23-19-7-2-3-8-20(19)25(16)17-10-12-24(15-17)21(26)9-5-13-27-18-6-4-11-22-14-18/h4,6,11,14,17H,2-3,5,7-10,12-13,15H2,1H3/t17-/m0/s1. The van der Waals surface area contributed by atoms with Crippen LogP contribution in [0.4, 0.5) is 0 Å². The van der Waals surface area contributed by atoms with Crippen molar-refractivity contribution in [3.63, 3.8) is 0 Å². The van der Waals surface area contributed by atoms with Crippen molar-refractivity contribution in [1.29, 1.82) is 0 Å². The number of aryl methyl sites for hydroxylation is 2. The molecule has 0 bridgehead atoms. The van der Waals surface area contributed by atoms with E-state index >= 15 is 0 Å². The van der Waals surface area contributed by atoms with E-state index in [-0.39, 0.29) is 5.91 Å². The van der Waals surface area contributed by atoms with Crippen LogP contribution >= 0.6 is 0 Å². The van der Waals surface area contributed by atoms with Crippen molar-refractivity contribution in [3.05, 3.63) is 41.7 Å². The normalized spacial score (nSPS) is 19.1. The quantitative estimate of drug-likeness (QED) is 0.735. The molecule has 0 radical (unpaired) electrons. The highest BCUT2D eigenvalue weighted by Crippen LogP contribution is 2.30. The van der Waals surface area contributed by atoms with Crippen molar-refractivity contribution < 1.29 is 9.53 Å².